The fourth-order valence-electron chi connectivity index (χ4n) is 2.99. The number of unbranched alkanes of at least 4 members (excludes halogenated alkanes) is 3. The molecule has 0 saturated carbocycles. The SMILES string of the molecule is CCCCCCC(C)NC(=O)c1cccc(CS(=O)(=O)c2ccccc2)c1. The molecule has 1 atom stereocenters. The van der Waals surface area contributed by atoms with Crippen LogP contribution >= 0.6 is 0 Å². The highest BCUT2D eigenvalue weighted by atomic mass is 32.2. The molecule has 1 unspecified atom stereocenters. The Morgan fingerprint density at radius 3 is 2.44 bits per heavy atom. The van der Waals surface area contributed by atoms with E-state index in [1.165, 1.54) is 19.3 Å². The summed E-state index contributed by atoms with van der Waals surface area (Å²) in [5, 5.41) is 3.01. The molecule has 0 heterocycles. The highest BCUT2D eigenvalue weighted by Crippen LogP contribution is 2.17. The van der Waals surface area contributed by atoms with E-state index in [9.17, 15) is 13.2 Å². The van der Waals surface area contributed by atoms with Gasteiger partial charge in [0.1, 0.15) is 0 Å². The Labute approximate surface area is 162 Å². The van der Waals surface area contributed by atoms with Gasteiger partial charge in [-0.2, -0.15) is 0 Å². The molecular weight excluding hydrogens is 358 g/mol. The van der Waals surface area contributed by atoms with E-state index in [4.69, 9.17) is 0 Å². The van der Waals surface area contributed by atoms with Gasteiger partial charge in [-0.1, -0.05) is 62.9 Å². The summed E-state index contributed by atoms with van der Waals surface area (Å²) >= 11 is 0. The van der Waals surface area contributed by atoms with E-state index in [1.807, 2.05) is 6.92 Å². The summed E-state index contributed by atoms with van der Waals surface area (Å²) in [5.74, 6) is -0.276. The number of nitrogens with one attached hydrogen (secondary N) is 1. The zero-order valence-corrected chi connectivity index (χ0v) is 17.0. The van der Waals surface area contributed by atoms with Crippen LogP contribution < -0.4 is 5.32 Å². The Morgan fingerprint density at radius 1 is 1.00 bits per heavy atom. The average molecular weight is 388 g/mol. The van der Waals surface area contributed by atoms with Gasteiger partial charge >= 0.3 is 0 Å². The minimum atomic E-state index is -3.43. The molecule has 2 rings (SSSR count). The summed E-state index contributed by atoms with van der Waals surface area (Å²) in [6, 6.07) is 15.3. The molecule has 0 aromatic heterocycles. The van der Waals surface area contributed by atoms with Gasteiger partial charge in [-0.05, 0) is 43.2 Å². The van der Waals surface area contributed by atoms with Crippen molar-refractivity contribution in [3.05, 3.63) is 65.7 Å². The third-order valence-electron chi connectivity index (χ3n) is 4.52. The van der Waals surface area contributed by atoms with Crippen LogP contribution in [0.2, 0.25) is 0 Å². The zero-order chi connectivity index (χ0) is 19.7. The minimum Gasteiger partial charge on any atom is -0.350 e. The van der Waals surface area contributed by atoms with Gasteiger partial charge in [0, 0.05) is 11.6 Å². The van der Waals surface area contributed by atoms with Crippen molar-refractivity contribution in [2.75, 3.05) is 0 Å². The molecule has 5 heteroatoms. The maximum atomic E-state index is 12.5. The number of sulfone groups is 1. The lowest BCUT2D eigenvalue weighted by Gasteiger charge is -2.14. The van der Waals surface area contributed by atoms with Crippen molar-refractivity contribution in [3.8, 4) is 0 Å². The Kier molecular flexibility index (Phi) is 8.04. The summed E-state index contributed by atoms with van der Waals surface area (Å²) < 4.78 is 25.1. The maximum absolute atomic E-state index is 12.5. The number of benzene rings is 2. The molecule has 0 saturated heterocycles. The van der Waals surface area contributed by atoms with Gasteiger partial charge in [0.05, 0.1) is 10.6 Å². The van der Waals surface area contributed by atoms with E-state index >= 15 is 0 Å². The van der Waals surface area contributed by atoms with Gasteiger partial charge in [0.25, 0.3) is 5.91 Å². The Bertz CT molecular complexity index is 832. The molecule has 0 aliphatic carbocycles. The van der Waals surface area contributed by atoms with Crippen LogP contribution in [0.15, 0.2) is 59.5 Å². The van der Waals surface area contributed by atoms with Crippen molar-refractivity contribution in [1.29, 1.82) is 0 Å². The van der Waals surface area contributed by atoms with Crippen LogP contribution in [0.3, 0.4) is 0 Å². The van der Waals surface area contributed by atoms with Crippen LogP contribution in [0, 0.1) is 0 Å². The molecular formula is C22H29NO3S. The van der Waals surface area contributed by atoms with Gasteiger partial charge in [0.2, 0.25) is 0 Å². The molecule has 2 aromatic carbocycles. The van der Waals surface area contributed by atoms with Crippen LogP contribution in [0.25, 0.3) is 0 Å². The summed E-state index contributed by atoms with van der Waals surface area (Å²) in [5.41, 5.74) is 1.11. The molecule has 0 spiro atoms. The molecule has 0 fully saturated rings. The maximum Gasteiger partial charge on any atom is 0.251 e. The third kappa shape index (κ3) is 6.83. The number of carbonyl (C=O) groups is 1. The van der Waals surface area contributed by atoms with Crippen molar-refractivity contribution in [1.82, 2.24) is 5.32 Å². The van der Waals surface area contributed by atoms with Gasteiger partial charge in [-0.15, -0.1) is 0 Å². The highest BCUT2D eigenvalue weighted by Gasteiger charge is 2.16. The van der Waals surface area contributed by atoms with E-state index in [0.717, 1.165) is 12.8 Å². The van der Waals surface area contributed by atoms with Gasteiger partial charge < -0.3 is 5.32 Å². The van der Waals surface area contributed by atoms with Crippen molar-refractivity contribution in [2.45, 2.75) is 62.6 Å². The first-order chi connectivity index (χ1) is 12.9. The Morgan fingerprint density at radius 2 is 1.74 bits per heavy atom. The summed E-state index contributed by atoms with van der Waals surface area (Å²) in [6.45, 7) is 4.18. The van der Waals surface area contributed by atoms with Crippen molar-refractivity contribution < 1.29 is 13.2 Å². The fourth-order valence-corrected chi connectivity index (χ4v) is 4.35. The van der Waals surface area contributed by atoms with Crippen LogP contribution in [0.4, 0.5) is 0 Å². The zero-order valence-electron chi connectivity index (χ0n) is 16.1. The molecule has 1 amide bonds. The lowest BCUT2D eigenvalue weighted by atomic mass is 10.1. The molecule has 146 valence electrons. The predicted molar refractivity (Wildman–Crippen MR) is 109 cm³/mol. The first-order valence-corrected chi connectivity index (χ1v) is 11.2. The second kappa shape index (κ2) is 10.3. The van der Waals surface area contributed by atoms with Crippen LogP contribution in [-0.4, -0.2) is 20.4 Å². The van der Waals surface area contributed by atoms with E-state index in [0.29, 0.717) is 16.0 Å². The standard InChI is InChI=1S/C22H29NO3S/c1-3-4-5-7-11-18(2)23-22(24)20-13-10-12-19(16-20)17-27(25,26)21-14-8-6-9-15-21/h6,8-10,12-16,18H,3-5,7,11,17H2,1-2H3,(H,23,24). The van der Waals surface area contributed by atoms with E-state index in [-0.39, 0.29) is 17.7 Å². The largest absolute Gasteiger partial charge is 0.350 e. The number of hydrogen-bond acceptors (Lipinski definition) is 3. The van der Waals surface area contributed by atoms with E-state index < -0.39 is 9.84 Å². The second-order valence-electron chi connectivity index (χ2n) is 7.00. The van der Waals surface area contributed by atoms with Crippen LogP contribution in [0.1, 0.15) is 61.9 Å². The van der Waals surface area contributed by atoms with Gasteiger partial charge in [-0.3, -0.25) is 4.79 Å². The monoisotopic (exact) mass is 387 g/mol. The number of rotatable bonds is 10. The molecule has 2 aromatic rings. The second-order valence-corrected chi connectivity index (χ2v) is 8.99. The quantitative estimate of drug-likeness (QED) is 0.598. The lowest BCUT2D eigenvalue weighted by Crippen LogP contribution is -2.32. The highest BCUT2D eigenvalue weighted by molar-refractivity contribution is 7.90. The molecule has 1 N–H and O–H groups in total. The first kappa shape index (κ1) is 21.2. The van der Waals surface area contributed by atoms with E-state index in [1.54, 1.807) is 54.6 Å². The number of amides is 1. The van der Waals surface area contributed by atoms with Crippen molar-refractivity contribution in [2.24, 2.45) is 0 Å². The normalized spacial score (nSPS) is 12.5. The molecule has 4 nitrogen and oxygen atoms in total. The molecule has 0 radical (unpaired) electrons. The van der Waals surface area contributed by atoms with Crippen LogP contribution in [-0.2, 0) is 15.6 Å². The van der Waals surface area contributed by atoms with E-state index in [2.05, 4.69) is 12.2 Å². The van der Waals surface area contributed by atoms with Crippen LogP contribution in [0.5, 0.6) is 0 Å². The minimum absolute atomic E-state index is 0.103. The third-order valence-corrected chi connectivity index (χ3v) is 6.22. The molecule has 27 heavy (non-hydrogen) atoms. The predicted octanol–water partition coefficient (Wildman–Crippen LogP) is 4.75. The average Bonchev–Trinajstić information content (AvgIpc) is 2.66. The van der Waals surface area contributed by atoms with Crippen molar-refractivity contribution in [3.63, 3.8) is 0 Å². The molecule has 0 aliphatic rings. The number of carbonyl (C=O) groups excluding carboxylic acids is 1. The lowest BCUT2D eigenvalue weighted by molar-refractivity contribution is 0.0937. The summed E-state index contributed by atoms with van der Waals surface area (Å²) in [4.78, 5) is 12.8. The Hall–Kier alpha value is -2.14. The molecule has 0 aliphatic heterocycles. The molecule has 0 bridgehead atoms. The summed E-state index contributed by atoms with van der Waals surface area (Å²) in [7, 11) is -3.43. The van der Waals surface area contributed by atoms with Gasteiger partial charge in [-0.25, -0.2) is 8.42 Å². The van der Waals surface area contributed by atoms with Gasteiger partial charge in [0.15, 0.2) is 9.84 Å². The number of hydrogen-bond donors (Lipinski definition) is 1. The first-order valence-electron chi connectivity index (χ1n) is 9.60. The van der Waals surface area contributed by atoms with Crippen molar-refractivity contribution >= 4 is 15.7 Å². The smallest absolute Gasteiger partial charge is 0.251 e. The Balaban J connectivity index is 1.99. The fraction of sp³-hybridized carbons (Fsp3) is 0.409. The topological polar surface area (TPSA) is 63.2 Å². The summed E-state index contributed by atoms with van der Waals surface area (Å²) in [6.07, 6.45) is 5.65.